The Morgan fingerprint density at radius 2 is 2.36 bits per heavy atom. The van der Waals surface area contributed by atoms with Crippen molar-refractivity contribution in [2.75, 3.05) is 6.61 Å². The molecule has 14 heavy (non-hydrogen) atoms. The van der Waals surface area contributed by atoms with Gasteiger partial charge in [-0.3, -0.25) is 0 Å². The van der Waals surface area contributed by atoms with Gasteiger partial charge in [0.25, 0.3) is 5.92 Å². The molecule has 0 radical (unpaired) electrons. The van der Waals surface area contributed by atoms with Crippen molar-refractivity contribution in [3.8, 4) is 0 Å². The maximum atomic E-state index is 13.0. The Morgan fingerprint density at radius 1 is 1.64 bits per heavy atom. The van der Waals surface area contributed by atoms with E-state index in [0.29, 0.717) is 19.3 Å². The minimum atomic E-state index is -2.77. The molecule has 1 atom stereocenters. The van der Waals surface area contributed by atoms with Crippen LogP contribution >= 0.6 is 0 Å². The van der Waals surface area contributed by atoms with E-state index >= 15 is 0 Å². The van der Waals surface area contributed by atoms with Gasteiger partial charge in [-0.2, -0.15) is 0 Å². The van der Waals surface area contributed by atoms with Gasteiger partial charge in [0, 0.05) is 6.42 Å². The van der Waals surface area contributed by atoms with Crippen LogP contribution in [0.25, 0.3) is 0 Å². The van der Waals surface area contributed by atoms with Gasteiger partial charge < -0.3 is 10.1 Å². The standard InChI is InChI=1S/C9H15F2NO2/c1-2-6-14-8(13)12-7-4-3-5-9(7,10)11/h7H,2-6H2,1H3,(H,12,13). The smallest absolute Gasteiger partial charge is 0.407 e. The Kier molecular flexibility index (Phi) is 3.66. The van der Waals surface area contributed by atoms with Crippen LogP contribution in [0, 0.1) is 0 Å². The summed E-state index contributed by atoms with van der Waals surface area (Å²) in [6.45, 7) is 2.11. The third-order valence-electron chi connectivity index (χ3n) is 2.24. The fourth-order valence-electron chi connectivity index (χ4n) is 1.48. The van der Waals surface area contributed by atoms with E-state index in [1.54, 1.807) is 0 Å². The first-order chi connectivity index (χ1) is 6.56. The van der Waals surface area contributed by atoms with Crippen molar-refractivity contribution in [2.24, 2.45) is 0 Å². The largest absolute Gasteiger partial charge is 0.450 e. The van der Waals surface area contributed by atoms with Crippen LogP contribution in [0.4, 0.5) is 13.6 Å². The number of alkyl halides is 2. The number of amides is 1. The van der Waals surface area contributed by atoms with Crippen LogP contribution in [0.1, 0.15) is 32.6 Å². The quantitative estimate of drug-likeness (QED) is 0.771. The third kappa shape index (κ3) is 2.82. The van der Waals surface area contributed by atoms with E-state index < -0.39 is 18.1 Å². The molecule has 3 nitrogen and oxygen atoms in total. The summed E-state index contributed by atoms with van der Waals surface area (Å²) in [5.41, 5.74) is 0. The highest BCUT2D eigenvalue weighted by atomic mass is 19.3. The zero-order chi connectivity index (χ0) is 10.6. The molecule has 1 aliphatic rings. The van der Waals surface area contributed by atoms with Gasteiger partial charge in [-0.25, -0.2) is 13.6 Å². The van der Waals surface area contributed by atoms with Gasteiger partial charge >= 0.3 is 6.09 Å². The second-order valence-electron chi connectivity index (χ2n) is 3.49. The molecule has 0 heterocycles. The first-order valence-electron chi connectivity index (χ1n) is 4.87. The fraction of sp³-hybridized carbons (Fsp3) is 0.889. The summed E-state index contributed by atoms with van der Waals surface area (Å²) < 4.78 is 30.7. The van der Waals surface area contributed by atoms with Crippen LogP contribution in [0.3, 0.4) is 0 Å². The molecule has 0 spiro atoms. The van der Waals surface area contributed by atoms with Gasteiger partial charge in [0.05, 0.1) is 12.6 Å². The molecule has 1 amide bonds. The summed E-state index contributed by atoms with van der Waals surface area (Å²) in [5, 5.41) is 2.19. The number of hydrogen-bond acceptors (Lipinski definition) is 2. The summed E-state index contributed by atoms with van der Waals surface area (Å²) in [4.78, 5) is 11.0. The van der Waals surface area contributed by atoms with Crippen LogP contribution in [-0.2, 0) is 4.74 Å². The predicted octanol–water partition coefficient (Wildman–Crippen LogP) is 2.31. The Balaban J connectivity index is 2.33. The van der Waals surface area contributed by atoms with E-state index in [4.69, 9.17) is 0 Å². The van der Waals surface area contributed by atoms with E-state index in [9.17, 15) is 13.6 Å². The average Bonchev–Trinajstić information content (AvgIpc) is 2.43. The van der Waals surface area contributed by atoms with Crippen LogP contribution in [0.2, 0.25) is 0 Å². The number of carbonyl (C=O) groups is 1. The van der Waals surface area contributed by atoms with Gasteiger partial charge in [0.15, 0.2) is 0 Å². The van der Waals surface area contributed by atoms with E-state index in [1.807, 2.05) is 6.92 Å². The Bertz CT molecular complexity index is 209. The monoisotopic (exact) mass is 207 g/mol. The molecule has 1 fully saturated rings. The van der Waals surface area contributed by atoms with Crippen molar-refractivity contribution in [1.29, 1.82) is 0 Å². The molecule has 0 aromatic heterocycles. The highest BCUT2D eigenvalue weighted by molar-refractivity contribution is 5.67. The van der Waals surface area contributed by atoms with E-state index in [1.165, 1.54) is 0 Å². The zero-order valence-corrected chi connectivity index (χ0v) is 8.19. The number of rotatable bonds is 3. The SMILES string of the molecule is CCCOC(=O)NC1CCCC1(F)F. The lowest BCUT2D eigenvalue weighted by Crippen LogP contribution is -2.44. The molecule has 82 valence electrons. The highest BCUT2D eigenvalue weighted by Gasteiger charge is 2.44. The lowest BCUT2D eigenvalue weighted by atomic mass is 10.2. The van der Waals surface area contributed by atoms with Crippen molar-refractivity contribution in [3.05, 3.63) is 0 Å². The maximum absolute atomic E-state index is 13.0. The van der Waals surface area contributed by atoms with Crippen molar-refractivity contribution < 1.29 is 18.3 Å². The molecule has 5 heteroatoms. The zero-order valence-electron chi connectivity index (χ0n) is 8.19. The molecule has 1 aliphatic carbocycles. The summed E-state index contributed by atoms with van der Waals surface area (Å²) in [5.74, 6) is -2.77. The molecule has 0 aromatic rings. The lowest BCUT2D eigenvalue weighted by molar-refractivity contribution is -0.0178. The molecule has 1 rings (SSSR count). The number of halogens is 2. The van der Waals surface area contributed by atoms with Crippen LogP contribution in [0.15, 0.2) is 0 Å². The third-order valence-corrected chi connectivity index (χ3v) is 2.24. The van der Waals surface area contributed by atoms with Crippen LogP contribution in [0.5, 0.6) is 0 Å². The van der Waals surface area contributed by atoms with Gasteiger partial charge in [-0.15, -0.1) is 0 Å². The highest BCUT2D eigenvalue weighted by Crippen LogP contribution is 2.34. The first kappa shape index (κ1) is 11.2. The van der Waals surface area contributed by atoms with Gasteiger partial charge in [-0.05, 0) is 19.3 Å². The van der Waals surface area contributed by atoms with Crippen molar-refractivity contribution in [2.45, 2.75) is 44.6 Å². The first-order valence-corrected chi connectivity index (χ1v) is 4.87. The molecular weight excluding hydrogens is 192 g/mol. The minimum Gasteiger partial charge on any atom is -0.450 e. The molecule has 1 saturated carbocycles. The van der Waals surface area contributed by atoms with E-state index in [2.05, 4.69) is 10.1 Å². The lowest BCUT2D eigenvalue weighted by Gasteiger charge is -2.19. The number of ether oxygens (including phenoxy) is 1. The van der Waals surface area contributed by atoms with E-state index in [-0.39, 0.29) is 13.0 Å². The molecule has 0 aliphatic heterocycles. The minimum absolute atomic E-state index is 0.147. The summed E-state index contributed by atoms with van der Waals surface area (Å²) in [7, 11) is 0. The van der Waals surface area contributed by atoms with Crippen LogP contribution in [-0.4, -0.2) is 24.7 Å². The van der Waals surface area contributed by atoms with Crippen LogP contribution < -0.4 is 5.32 Å². The molecular formula is C9H15F2NO2. The van der Waals surface area contributed by atoms with E-state index in [0.717, 1.165) is 0 Å². The topological polar surface area (TPSA) is 38.3 Å². The van der Waals surface area contributed by atoms with Gasteiger partial charge in [-0.1, -0.05) is 6.92 Å². The summed E-state index contributed by atoms with van der Waals surface area (Å²) in [6, 6.07) is -1.05. The normalized spacial score (nSPS) is 24.6. The van der Waals surface area contributed by atoms with Crippen molar-refractivity contribution >= 4 is 6.09 Å². The molecule has 1 N–H and O–H groups in total. The molecule has 0 bridgehead atoms. The second kappa shape index (κ2) is 4.57. The maximum Gasteiger partial charge on any atom is 0.407 e. The second-order valence-corrected chi connectivity index (χ2v) is 3.49. The molecule has 0 aromatic carbocycles. The predicted molar refractivity (Wildman–Crippen MR) is 47.4 cm³/mol. The van der Waals surface area contributed by atoms with Gasteiger partial charge in [0.1, 0.15) is 0 Å². The summed E-state index contributed by atoms with van der Waals surface area (Å²) >= 11 is 0. The van der Waals surface area contributed by atoms with Crippen molar-refractivity contribution in [1.82, 2.24) is 5.32 Å². The number of nitrogens with one attached hydrogen (secondary N) is 1. The number of hydrogen-bond donors (Lipinski definition) is 1. The Hall–Kier alpha value is -0.870. The Morgan fingerprint density at radius 3 is 2.86 bits per heavy atom. The molecule has 0 saturated heterocycles. The summed E-state index contributed by atoms with van der Waals surface area (Å²) in [6.07, 6.45) is 0.582. The average molecular weight is 207 g/mol. The van der Waals surface area contributed by atoms with Gasteiger partial charge in [0.2, 0.25) is 0 Å². The number of carbonyl (C=O) groups excluding carboxylic acids is 1. The number of alkyl carbamates (subject to hydrolysis) is 1. The fourth-order valence-corrected chi connectivity index (χ4v) is 1.48. The van der Waals surface area contributed by atoms with Crippen molar-refractivity contribution in [3.63, 3.8) is 0 Å². The molecule has 1 unspecified atom stereocenters. The Labute approximate surface area is 81.8 Å².